The number of carboxylic acid groups (broad SMARTS) is 1. The molecule has 1 N–H and O–H groups in total. The summed E-state index contributed by atoms with van der Waals surface area (Å²) in [5.74, 6) is -5.32. The van der Waals surface area contributed by atoms with Crippen molar-refractivity contribution < 1.29 is 28.2 Å². The summed E-state index contributed by atoms with van der Waals surface area (Å²) in [5, 5.41) is 9.58. The van der Waals surface area contributed by atoms with E-state index < -0.39 is 40.9 Å². The molecule has 1 fully saturated rings. The normalized spacial score (nSPS) is 19.2. The van der Waals surface area contributed by atoms with Gasteiger partial charge < -0.3 is 14.7 Å². The molecule has 1 amide bonds. The third kappa shape index (κ3) is 3.49. The molecule has 2 aromatic rings. The minimum atomic E-state index is -1.05. The second-order valence-corrected chi connectivity index (χ2v) is 6.58. The van der Waals surface area contributed by atoms with Crippen LogP contribution in [0.25, 0.3) is 0 Å². The zero-order chi connectivity index (χ0) is 19.7. The highest BCUT2D eigenvalue weighted by molar-refractivity contribution is 5.95. The number of carbonyl (C=O) groups is 2. The topological polar surface area (TPSA) is 66.8 Å². The fourth-order valence-electron chi connectivity index (χ4n) is 3.57. The first kappa shape index (κ1) is 18.8. The van der Waals surface area contributed by atoms with E-state index in [2.05, 4.69) is 0 Å². The number of halogens is 2. The molecule has 0 unspecified atom stereocenters. The van der Waals surface area contributed by atoms with Crippen LogP contribution in [0.15, 0.2) is 36.4 Å². The maximum atomic E-state index is 14.3. The number of ether oxygens (including phenoxy) is 1. The third-order valence-electron chi connectivity index (χ3n) is 4.98. The molecular weight excluding hydrogens is 356 g/mol. The zero-order valence-corrected chi connectivity index (χ0v) is 14.9. The summed E-state index contributed by atoms with van der Waals surface area (Å²) >= 11 is 0. The van der Waals surface area contributed by atoms with Crippen LogP contribution in [0.4, 0.5) is 8.78 Å². The number of amides is 1. The van der Waals surface area contributed by atoms with Gasteiger partial charge >= 0.3 is 5.97 Å². The Morgan fingerprint density at radius 2 is 1.78 bits per heavy atom. The number of hydrogen-bond donors (Lipinski definition) is 1. The maximum Gasteiger partial charge on any atom is 0.308 e. The summed E-state index contributed by atoms with van der Waals surface area (Å²) in [6.45, 7) is 1.82. The molecule has 5 nitrogen and oxygen atoms in total. The molecule has 0 radical (unpaired) electrons. The number of hydrogen-bond acceptors (Lipinski definition) is 3. The van der Waals surface area contributed by atoms with Crippen molar-refractivity contribution in [2.45, 2.75) is 12.8 Å². The second-order valence-electron chi connectivity index (χ2n) is 6.58. The van der Waals surface area contributed by atoms with Gasteiger partial charge in [-0.25, -0.2) is 8.78 Å². The molecule has 0 bridgehead atoms. The average molecular weight is 375 g/mol. The monoisotopic (exact) mass is 375 g/mol. The summed E-state index contributed by atoms with van der Waals surface area (Å²) in [7, 11) is 1.26. The van der Waals surface area contributed by atoms with Crippen LogP contribution in [0.2, 0.25) is 0 Å². The van der Waals surface area contributed by atoms with E-state index in [1.165, 1.54) is 12.0 Å². The lowest BCUT2D eigenvalue weighted by Gasteiger charge is -2.18. The number of carboxylic acids is 1. The summed E-state index contributed by atoms with van der Waals surface area (Å²) in [4.78, 5) is 25.6. The van der Waals surface area contributed by atoms with Gasteiger partial charge in [0.1, 0.15) is 22.9 Å². The van der Waals surface area contributed by atoms with E-state index in [1.54, 1.807) is 6.07 Å². The molecule has 0 aromatic heterocycles. The first-order chi connectivity index (χ1) is 12.8. The minimum absolute atomic E-state index is 0.0378. The Balaban J connectivity index is 1.94. The number of rotatable bonds is 4. The molecule has 3 rings (SSSR count). The van der Waals surface area contributed by atoms with E-state index in [-0.39, 0.29) is 18.8 Å². The molecule has 1 heterocycles. The lowest BCUT2D eigenvalue weighted by molar-refractivity contribution is -0.141. The van der Waals surface area contributed by atoms with Crippen molar-refractivity contribution in [1.29, 1.82) is 0 Å². The smallest absolute Gasteiger partial charge is 0.308 e. The van der Waals surface area contributed by atoms with Crippen LogP contribution in [0.3, 0.4) is 0 Å². The molecule has 1 saturated heterocycles. The van der Waals surface area contributed by atoms with Gasteiger partial charge in [0.05, 0.1) is 13.0 Å². The van der Waals surface area contributed by atoms with Gasteiger partial charge in [0.15, 0.2) is 0 Å². The minimum Gasteiger partial charge on any atom is -0.497 e. The van der Waals surface area contributed by atoms with Crippen molar-refractivity contribution >= 4 is 11.9 Å². The van der Waals surface area contributed by atoms with Gasteiger partial charge in [-0.05, 0) is 18.1 Å². The number of likely N-dealkylation sites (tertiary alicyclic amines) is 1. The van der Waals surface area contributed by atoms with E-state index in [4.69, 9.17) is 4.74 Å². The Hall–Kier alpha value is -2.96. The Kier molecular flexibility index (Phi) is 5.12. The van der Waals surface area contributed by atoms with E-state index >= 15 is 0 Å². The number of benzene rings is 2. The van der Waals surface area contributed by atoms with E-state index in [9.17, 15) is 23.5 Å². The lowest BCUT2D eigenvalue weighted by atomic mass is 9.86. The quantitative estimate of drug-likeness (QED) is 0.891. The van der Waals surface area contributed by atoms with Crippen LogP contribution in [0.5, 0.6) is 5.75 Å². The summed E-state index contributed by atoms with van der Waals surface area (Å²) in [5.41, 5.74) is 1.02. The number of methoxy groups -OCH3 is 1. The number of aryl methyl sites for hydroxylation is 1. The second kappa shape index (κ2) is 7.34. The zero-order valence-electron chi connectivity index (χ0n) is 14.9. The summed E-state index contributed by atoms with van der Waals surface area (Å²) in [6.07, 6.45) is 0. The number of carbonyl (C=O) groups excluding carboxylic acids is 1. The van der Waals surface area contributed by atoms with Gasteiger partial charge in [-0.2, -0.15) is 0 Å². The van der Waals surface area contributed by atoms with Gasteiger partial charge in [0.2, 0.25) is 0 Å². The molecule has 0 spiro atoms. The van der Waals surface area contributed by atoms with Crippen LogP contribution >= 0.6 is 0 Å². The predicted octanol–water partition coefficient (Wildman–Crippen LogP) is 3.22. The van der Waals surface area contributed by atoms with E-state index in [0.29, 0.717) is 0 Å². The molecule has 0 saturated carbocycles. The molecule has 27 heavy (non-hydrogen) atoms. The molecule has 0 aliphatic carbocycles. The highest BCUT2D eigenvalue weighted by atomic mass is 19.1. The van der Waals surface area contributed by atoms with Gasteiger partial charge in [-0.1, -0.05) is 24.3 Å². The van der Waals surface area contributed by atoms with Crippen molar-refractivity contribution in [3.63, 3.8) is 0 Å². The van der Waals surface area contributed by atoms with Crippen molar-refractivity contribution in [3.8, 4) is 5.75 Å². The first-order valence-electron chi connectivity index (χ1n) is 8.44. The Labute approximate surface area is 155 Å². The van der Waals surface area contributed by atoms with Crippen molar-refractivity contribution in [2.24, 2.45) is 5.92 Å². The molecule has 1 aliphatic rings. The number of nitrogens with zero attached hydrogens (tertiary/aromatic N) is 1. The lowest BCUT2D eigenvalue weighted by Crippen LogP contribution is -2.31. The fraction of sp³-hybridized carbons (Fsp3) is 0.300. The standard InChI is InChI=1S/C20H19F2NO4/c1-11-5-3-4-6-13(11)14-9-23(10-15(14)20(25)26)19(24)18-16(21)7-12(27-2)8-17(18)22/h3-8,14-15H,9-10H2,1-2H3,(H,25,26)/t14-,15+/m0/s1. The first-order valence-corrected chi connectivity index (χ1v) is 8.44. The molecular formula is C20H19F2NO4. The molecule has 142 valence electrons. The highest BCUT2D eigenvalue weighted by Crippen LogP contribution is 2.36. The van der Waals surface area contributed by atoms with Crippen LogP contribution in [-0.2, 0) is 4.79 Å². The fourth-order valence-corrected chi connectivity index (χ4v) is 3.57. The van der Waals surface area contributed by atoms with Crippen molar-refractivity contribution in [2.75, 3.05) is 20.2 Å². The Morgan fingerprint density at radius 1 is 1.15 bits per heavy atom. The van der Waals surface area contributed by atoms with Crippen molar-refractivity contribution in [1.82, 2.24) is 4.90 Å². The van der Waals surface area contributed by atoms with Crippen LogP contribution < -0.4 is 4.74 Å². The average Bonchev–Trinajstić information content (AvgIpc) is 3.06. The van der Waals surface area contributed by atoms with Crippen LogP contribution in [0.1, 0.15) is 27.4 Å². The third-order valence-corrected chi connectivity index (χ3v) is 4.98. The maximum absolute atomic E-state index is 14.3. The summed E-state index contributed by atoms with van der Waals surface area (Å²) < 4.78 is 33.3. The van der Waals surface area contributed by atoms with Crippen LogP contribution in [0, 0.1) is 24.5 Å². The van der Waals surface area contributed by atoms with Gasteiger partial charge in [-0.15, -0.1) is 0 Å². The van der Waals surface area contributed by atoms with Gasteiger partial charge in [0, 0.05) is 31.1 Å². The van der Waals surface area contributed by atoms with Gasteiger partial charge in [0.25, 0.3) is 5.91 Å². The van der Waals surface area contributed by atoms with E-state index in [0.717, 1.165) is 23.3 Å². The molecule has 7 heteroatoms. The van der Waals surface area contributed by atoms with Crippen molar-refractivity contribution in [3.05, 3.63) is 64.7 Å². The largest absolute Gasteiger partial charge is 0.497 e. The number of aliphatic carboxylic acids is 1. The highest BCUT2D eigenvalue weighted by Gasteiger charge is 2.42. The van der Waals surface area contributed by atoms with Crippen LogP contribution in [-0.4, -0.2) is 42.1 Å². The van der Waals surface area contributed by atoms with Gasteiger partial charge in [-0.3, -0.25) is 9.59 Å². The Morgan fingerprint density at radius 3 is 2.33 bits per heavy atom. The SMILES string of the molecule is COc1cc(F)c(C(=O)N2C[C@@H](C(=O)O)[C@H](c3ccccc3C)C2)c(F)c1. The van der Waals surface area contributed by atoms with E-state index in [1.807, 2.05) is 25.1 Å². The Bertz CT molecular complexity index is 876. The predicted molar refractivity (Wildman–Crippen MR) is 93.9 cm³/mol. The molecule has 2 aromatic carbocycles. The molecule has 1 aliphatic heterocycles. The summed E-state index contributed by atoms with van der Waals surface area (Å²) in [6, 6.07) is 9.18. The molecule has 2 atom stereocenters.